The highest BCUT2D eigenvalue weighted by atomic mass is 16.2. The van der Waals surface area contributed by atoms with Crippen molar-refractivity contribution in [3.05, 3.63) is 29.8 Å². The van der Waals surface area contributed by atoms with Crippen molar-refractivity contribution in [1.29, 1.82) is 0 Å². The average Bonchev–Trinajstić information content (AvgIpc) is 2.47. The lowest BCUT2D eigenvalue weighted by molar-refractivity contribution is -0.125. The summed E-state index contributed by atoms with van der Waals surface area (Å²) in [5.74, 6) is 0.208. The van der Waals surface area contributed by atoms with E-state index in [0.717, 1.165) is 12.1 Å². The van der Waals surface area contributed by atoms with Crippen molar-refractivity contribution in [2.45, 2.75) is 33.6 Å². The SMILES string of the molecule is CC(C)(C)C(=O)N1CCCC(=O)c2ccccc21. The van der Waals surface area contributed by atoms with Crippen molar-refractivity contribution in [2.24, 2.45) is 5.41 Å². The Morgan fingerprint density at radius 1 is 1.22 bits per heavy atom. The molecule has 0 saturated carbocycles. The maximum Gasteiger partial charge on any atom is 0.232 e. The summed E-state index contributed by atoms with van der Waals surface area (Å²) in [6.45, 7) is 6.35. The van der Waals surface area contributed by atoms with Crippen LogP contribution in [0.4, 0.5) is 5.69 Å². The first-order valence-electron chi connectivity index (χ1n) is 6.35. The van der Waals surface area contributed by atoms with E-state index < -0.39 is 5.41 Å². The standard InChI is InChI=1S/C15H19NO2/c1-15(2,3)14(18)16-10-6-9-13(17)11-7-4-5-8-12(11)16/h4-5,7-8H,6,9-10H2,1-3H3. The molecule has 0 atom stereocenters. The van der Waals surface area contributed by atoms with E-state index in [1.807, 2.05) is 45.0 Å². The van der Waals surface area contributed by atoms with Gasteiger partial charge in [0.25, 0.3) is 0 Å². The molecule has 18 heavy (non-hydrogen) atoms. The maximum atomic E-state index is 12.5. The van der Waals surface area contributed by atoms with Crippen molar-refractivity contribution in [3.8, 4) is 0 Å². The topological polar surface area (TPSA) is 37.4 Å². The quantitative estimate of drug-likeness (QED) is 0.704. The van der Waals surface area contributed by atoms with E-state index in [9.17, 15) is 9.59 Å². The number of ketones is 1. The van der Waals surface area contributed by atoms with Gasteiger partial charge in [0.2, 0.25) is 5.91 Å². The number of carbonyl (C=O) groups excluding carboxylic acids is 2. The number of carbonyl (C=O) groups is 2. The predicted octanol–water partition coefficient (Wildman–Crippen LogP) is 3.04. The molecule has 1 heterocycles. The Morgan fingerprint density at radius 3 is 2.56 bits per heavy atom. The van der Waals surface area contributed by atoms with Crippen LogP contribution < -0.4 is 4.90 Å². The Morgan fingerprint density at radius 2 is 1.89 bits per heavy atom. The van der Waals surface area contributed by atoms with Crippen LogP contribution in [0.25, 0.3) is 0 Å². The fraction of sp³-hybridized carbons (Fsp3) is 0.467. The molecule has 0 bridgehead atoms. The van der Waals surface area contributed by atoms with Crippen LogP contribution in [0.1, 0.15) is 44.0 Å². The van der Waals surface area contributed by atoms with Crippen LogP contribution in [0.5, 0.6) is 0 Å². The van der Waals surface area contributed by atoms with Gasteiger partial charge in [-0.05, 0) is 18.6 Å². The van der Waals surface area contributed by atoms with Crippen molar-refractivity contribution in [1.82, 2.24) is 0 Å². The molecule has 0 saturated heterocycles. The zero-order chi connectivity index (χ0) is 13.3. The summed E-state index contributed by atoms with van der Waals surface area (Å²) in [6.07, 6.45) is 1.25. The summed E-state index contributed by atoms with van der Waals surface area (Å²) >= 11 is 0. The zero-order valence-corrected chi connectivity index (χ0v) is 11.2. The second kappa shape index (κ2) is 4.56. The normalized spacial score (nSPS) is 16.2. The molecule has 1 amide bonds. The highest BCUT2D eigenvalue weighted by Crippen LogP contribution is 2.30. The molecule has 0 spiro atoms. The lowest BCUT2D eigenvalue weighted by Gasteiger charge is -2.29. The number of fused-ring (bicyclic) bond motifs is 1. The number of Topliss-reactive ketones (excluding diaryl/α,β-unsaturated/α-hetero) is 1. The fourth-order valence-corrected chi connectivity index (χ4v) is 2.21. The van der Waals surface area contributed by atoms with Crippen LogP contribution in [-0.2, 0) is 4.79 Å². The minimum absolute atomic E-state index is 0.0738. The highest BCUT2D eigenvalue weighted by Gasteiger charge is 2.31. The molecule has 0 aliphatic carbocycles. The Kier molecular flexibility index (Phi) is 3.24. The number of benzene rings is 1. The van der Waals surface area contributed by atoms with Crippen LogP contribution >= 0.6 is 0 Å². The molecule has 0 N–H and O–H groups in total. The lowest BCUT2D eigenvalue weighted by Crippen LogP contribution is -2.40. The van der Waals surface area contributed by atoms with Crippen LogP contribution in [0.15, 0.2) is 24.3 Å². The number of amides is 1. The third-order valence-corrected chi connectivity index (χ3v) is 3.17. The molecule has 1 aliphatic rings. The molecule has 96 valence electrons. The van der Waals surface area contributed by atoms with Gasteiger partial charge in [-0.15, -0.1) is 0 Å². The first kappa shape index (κ1) is 12.8. The molecule has 3 nitrogen and oxygen atoms in total. The fourth-order valence-electron chi connectivity index (χ4n) is 2.21. The molecule has 3 heteroatoms. The molecule has 0 radical (unpaired) electrons. The van der Waals surface area contributed by atoms with E-state index in [-0.39, 0.29) is 11.7 Å². The van der Waals surface area contributed by atoms with E-state index in [1.165, 1.54) is 0 Å². The van der Waals surface area contributed by atoms with E-state index >= 15 is 0 Å². The van der Waals surface area contributed by atoms with Crippen molar-refractivity contribution >= 4 is 17.4 Å². The van der Waals surface area contributed by atoms with Crippen LogP contribution in [0.3, 0.4) is 0 Å². The second-order valence-electron chi connectivity index (χ2n) is 5.75. The van der Waals surface area contributed by atoms with Crippen LogP contribution in [0, 0.1) is 5.41 Å². The van der Waals surface area contributed by atoms with Gasteiger partial charge >= 0.3 is 0 Å². The monoisotopic (exact) mass is 245 g/mol. The molecule has 0 aromatic heterocycles. The smallest absolute Gasteiger partial charge is 0.232 e. The van der Waals surface area contributed by atoms with Gasteiger partial charge in [-0.25, -0.2) is 0 Å². The molecule has 1 aliphatic heterocycles. The minimum atomic E-state index is -0.430. The summed E-state index contributed by atoms with van der Waals surface area (Å²) in [5, 5.41) is 0. The number of nitrogens with zero attached hydrogens (tertiary/aromatic N) is 1. The van der Waals surface area contributed by atoms with E-state index in [0.29, 0.717) is 18.5 Å². The average molecular weight is 245 g/mol. The number of rotatable bonds is 0. The largest absolute Gasteiger partial charge is 0.311 e. The van der Waals surface area contributed by atoms with Gasteiger partial charge in [-0.3, -0.25) is 9.59 Å². The Bertz CT molecular complexity index is 486. The van der Waals surface area contributed by atoms with Gasteiger partial charge in [0, 0.05) is 23.9 Å². The molecule has 0 fully saturated rings. The maximum absolute atomic E-state index is 12.5. The third kappa shape index (κ3) is 2.30. The molecule has 1 aromatic rings. The predicted molar refractivity (Wildman–Crippen MR) is 71.8 cm³/mol. The van der Waals surface area contributed by atoms with Gasteiger partial charge in [0.15, 0.2) is 5.78 Å². The van der Waals surface area contributed by atoms with Crippen LogP contribution in [0.2, 0.25) is 0 Å². The van der Waals surface area contributed by atoms with Crippen molar-refractivity contribution in [3.63, 3.8) is 0 Å². The van der Waals surface area contributed by atoms with E-state index in [2.05, 4.69) is 0 Å². The summed E-state index contributed by atoms with van der Waals surface area (Å²) in [7, 11) is 0. The van der Waals surface area contributed by atoms with E-state index in [1.54, 1.807) is 4.90 Å². The number of para-hydroxylation sites is 1. The first-order chi connectivity index (χ1) is 8.41. The number of hydrogen-bond acceptors (Lipinski definition) is 2. The van der Waals surface area contributed by atoms with Gasteiger partial charge in [-0.1, -0.05) is 32.9 Å². The van der Waals surface area contributed by atoms with Gasteiger partial charge in [-0.2, -0.15) is 0 Å². The molecule has 1 aromatic carbocycles. The van der Waals surface area contributed by atoms with Crippen molar-refractivity contribution in [2.75, 3.05) is 11.4 Å². The summed E-state index contributed by atoms with van der Waals surface area (Å²) in [6, 6.07) is 7.40. The Labute approximate surface area is 108 Å². The zero-order valence-electron chi connectivity index (χ0n) is 11.2. The summed E-state index contributed by atoms with van der Waals surface area (Å²) in [4.78, 5) is 26.2. The van der Waals surface area contributed by atoms with Crippen molar-refractivity contribution < 1.29 is 9.59 Å². The van der Waals surface area contributed by atoms with E-state index in [4.69, 9.17) is 0 Å². The second-order valence-corrected chi connectivity index (χ2v) is 5.75. The third-order valence-electron chi connectivity index (χ3n) is 3.17. The minimum Gasteiger partial charge on any atom is -0.311 e. The Balaban J connectivity index is 2.47. The number of hydrogen-bond donors (Lipinski definition) is 0. The van der Waals surface area contributed by atoms with Gasteiger partial charge in [0.1, 0.15) is 0 Å². The van der Waals surface area contributed by atoms with Gasteiger partial charge < -0.3 is 4.90 Å². The summed E-state index contributed by atoms with van der Waals surface area (Å²) in [5.41, 5.74) is 1.01. The first-order valence-corrected chi connectivity index (χ1v) is 6.35. The number of anilines is 1. The lowest BCUT2D eigenvalue weighted by atomic mass is 9.94. The summed E-state index contributed by atoms with van der Waals surface area (Å²) < 4.78 is 0. The van der Waals surface area contributed by atoms with Gasteiger partial charge in [0.05, 0.1) is 5.69 Å². The highest BCUT2D eigenvalue weighted by molar-refractivity contribution is 6.07. The van der Waals surface area contributed by atoms with Crippen LogP contribution in [-0.4, -0.2) is 18.2 Å². The Hall–Kier alpha value is -1.64. The molecule has 0 unspecified atom stereocenters. The molecular weight excluding hydrogens is 226 g/mol. The molecular formula is C15H19NO2. The molecule has 2 rings (SSSR count).